The van der Waals surface area contributed by atoms with Gasteiger partial charge in [0.25, 0.3) is 0 Å². The quantitative estimate of drug-likeness (QED) is 0.463. The van der Waals surface area contributed by atoms with Gasteiger partial charge in [-0.2, -0.15) is 0 Å². The second-order valence-corrected chi connectivity index (χ2v) is 3.34. The van der Waals surface area contributed by atoms with Crippen LogP contribution in [0, 0.1) is 5.41 Å². The van der Waals surface area contributed by atoms with Crippen LogP contribution in [0.2, 0.25) is 0 Å². The van der Waals surface area contributed by atoms with Gasteiger partial charge in [-0.15, -0.1) is 0 Å². The van der Waals surface area contributed by atoms with Crippen LogP contribution in [0.3, 0.4) is 0 Å². The summed E-state index contributed by atoms with van der Waals surface area (Å²) in [6.45, 7) is 3.74. The summed E-state index contributed by atoms with van der Waals surface area (Å²) < 4.78 is 5.01. The Balaban J connectivity index is 2.76. The number of ether oxygens (including phenoxy) is 1. The highest BCUT2D eigenvalue weighted by Crippen LogP contribution is 2.35. The number of carbonyl (C=O) groups excluding carboxylic acids is 2. The molecule has 3 nitrogen and oxygen atoms in total. The zero-order valence-corrected chi connectivity index (χ0v) is 7.50. The van der Waals surface area contributed by atoms with Crippen molar-refractivity contribution in [2.24, 2.45) is 5.41 Å². The Bertz CT molecular complexity index is 200. The topological polar surface area (TPSA) is 43.4 Å². The smallest absolute Gasteiger partial charge is 0.306 e. The molecule has 0 saturated carbocycles. The van der Waals surface area contributed by atoms with Crippen molar-refractivity contribution in [3.8, 4) is 0 Å². The summed E-state index contributed by atoms with van der Waals surface area (Å²) in [6.07, 6.45) is 2.42. The van der Waals surface area contributed by atoms with Crippen molar-refractivity contribution in [1.29, 1.82) is 0 Å². The summed E-state index contributed by atoms with van der Waals surface area (Å²) in [4.78, 5) is 21.7. The molecule has 1 saturated heterocycles. The van der Waals surface area contributed by atoms with E-state index in [1.165, 1.54) is 0 Å². The van der Waals surface area contributed by atoms with Crippen LogP contribution < -0.4 is 0 Å². The SMILES string of the molecule is CCC1(C=O)CCC(=O)OC1C. The van der Waals surface area contributed by atoms with E-state index in [0.717, 1.165) is 12.7 Å². The highest BCUT2D eigenvalue weighted by Gasteiger charge is 2.40. The summed E-state index contributed by atoms with van der Waals surface area (Å²) in [7, 11) is 0. The molecule has 1 fully saturated rings. The van der Waals surface area contributed by atoms with Gasteiger partial charge in [-0.05, 0) is 19.8 Å². The van der Waals surface area contributed by atoms with E-state index in [9.17, 15) is 9.59 Å². The van der Waals surface area contributed by atoms with Crippen molar-refractivity contribution in [3.05, 3.63) is 0 Å². The zero-order valence-electron chi connectivity index (χ0n) is 7.50. The maximum atomic E-state index is 10.9. The number of esters is 1. The Hall–Kier alpha value is -0.860. The fourth-order valence-corrected chi connectivity index (χ4v) is 1.61. The van der Waals surface area contributed by atoms with Crippen LogP contribution in [-0.2, 0) is 14.3 Å². The molecule has 1 aliphatic heterocycles. The number of carbonyl (C=O) groups is 2. The third kappa shape index (κ3) is 1.36. The second kappa shape index (κ2) is 3.25. The van der Waals surface area contributed by atoms with Gasteiger partial charge in [-0.1, -0.05) is 6.92 Å². The van der Waals surface area contributed by atoms with Crippen molar-refractivity contribution in [2.75, 3.05) is 0 Å². The van der Waals surface area contributed by atoms with Crippen LogP contribution in [0.5, 0.6) is 0 Å². The molecule has 2 unspecified atom stereocenters. The maximum Gasteiger partial charge on any atom is 0.306 e. The van der Waals surface area contributed by atoms with Gasteiger partial charge >= 0.3 is 5.97 Å². The highest BCUT2D eigenvalue weighted by molar-refractivity contribution is 5.73. The van der Waals surface area contributed by atoms with Crippen molar-refractivity contribution < 1.29 is 14.3 Å². The van der Waals surface area contributed by atoms with Crippen LogP contribution in [0.4, 0.5) is 0 Å². The van der Waals surface area contributed by atoms with Gasteiger partial charge in [0.2, 0.25) is 0 Å². The molecule has 0 aliphatic carbocycles. The van der Waals surface area contributed by atoms with Crippen molar-refractivity contribution >= 4 is 12.3 Å². The number of rotatable bonds is 2. The van der Waals surface area contributed by atoms with Crippen LogP contribution in [0.25, 0.3) is 0 Å². The Morgan fingerprint density at radius 3 is 2.83 bits per heavy atom. The summed E-state index contributed by atoms with van der Waals surface area (Å²) in [5.41, 5.74) is -0.423. The van der Waals surface area contributed by atoms with E-state index < -0.39 is 5.41 Å². The third-order valence-electron chi connectivity index (χ3n) is 2.81. The molecule has 1 rings (SSSR count). The van der Waals surface area contributed by atoms with Crippen molar-refractivity contribution in [2.45, 2.75) is 39.2 Å². The lowest BCUT2D eigenvalue weighted by atomic mass is 9.76. The van der Waals surface area contributed by atoms with Gasteiger partial charge in [0.1, 0.15) is 12.4 Å². The first kappa shape index (κ1) is 9.23. The molecule has 0 aromatic rings. The molecule has 0 aromatic carbocycles. The van der Waals surface area contributed by atoms with Gasteiger partial charge in [0.15, 0.2) is 0 Å². The maximum absolute atomic E-state index is 10.9. The van der Waals surface area contributed by atoms with Crippen molar-refractivity contribution in [3.63, 3.8) is 0 Å². The number of hydrogen-bond donors (Lipinski definition) is 0. The zero-order chi connectivity index (χ0) is 9.19. The first-order valence-corrected chi connectivity index (χ1v) is 4.30. The highest BCUT2D eigenvalue weighted by atomic mass is 16.5. The van der Waals surface area contributed by atoms with E-state index in [0.29, 0.717) is 12.8 Å². The molecule has 1 heterocycles. The van der Waals surface area contributed by atoms with Gasteiger partial charge < -0.3 is 9.53 Å². The lowest BCUT2D eigenvalue weighted by molar-refractivity contribution is -0.165. The van der Waals surface area contributed by atoms with E-state index in [2.05, 4.69) is 0 Å². The minimum absolute atomic E-state index is 0.187. The summed E-state index contributed by atoms with van der Waals surface area (Å²) >= 11 is 0. The number of aldehydes is 1. The number of cyclic esters (lactones) is 1. The molecular formula is C9H14O3. The van der Waals surface area contributed by atoms with E-state index in [4.69, 9.17) is 4.74 Å². The molecule has 2 atom stereocenters. The minimum atomic E-state index is -0.423. The molecule has 1 aliphatic rings. The molecule has 0 amide bonds. The molecular weight excluding hydrogens is 156 g/mol. The van der Waals surface area contributed by atoms with Gasteiger partial charge in [-0.3, -0.25) is 4.79 Å². The Morgan fingerprint density at radius 2 is 2.42 bits per heavy atom. The first-order chi connectivity index (χ1) is 5.64. The van der Waals surface area contributed by atoms with Crippen LogP contribution in [-0.4, -0.2) is 18.4 Å². The van der Waals surface area contributed by atoms with Gasteiger partial charge in [-0.25, -0.2) is 0 Å². The molecule has 0 spiro atoms. The molecule has 0 aromatic heterocycles. The standard InChI is InChI=1S/C9H14O3/c1-3-9(6-10)5-4-8(11)12-7(9)2/h6-7H,3-5H2,1-2H3. The fourth-order valence-electron chi connectivity index (χ4n) is 1.61. The van der Waals surface area contributed by atoms with Crippen molar-refractivity contribution in [1.82, 2.24) is 0 Å². The first-order valence-electron chi connectivity index (χ1n) is 4.30. The van der Waals surface area contributed by atoms with Gasteiger partial charge in [0.05, 0.1) is 5.41 Å². The average Bonchev–Trinajstić information content (AvgIpc) is 2.06. The molecule has 0 N–H and O–H groups in total. The Morgan fingerprint density at radius 1 is 1.75 bits per heavy atom. The monoisotopic (exact) mass is 170 g/mol. The lowest BCUT2D eigenvalue weighted by Crippen LogP contribution is -2.42. The predicted molar refractivity (Wildman–Crippen MR) is 43.6 cm³/mol. The Labute approximate surface area is 72.1 Å². The second-order valence-electron chi connectivity index (χ2n) is 3.34. The summed E-state index contributed by atoms with van der Waals surface area (Å²) in [5.74, 6) is -0.187. The van der Waals surface area contributed by atoms with Crippen LogP contribution in [0.1, 0.15) is 33.1 Å². The van der Waals surface area contributed by atoms with E-state index in [1.807, 2.05) is 6.92 Å². The molecule has 12 heavy (non-hydrogen) atoms. The van der Waals surface area contributed by atoms with E-state index >= 15 is 0 Å². The molecule has 0 bridgehead atoms. The fraction of sp³-hybridized carbons (Fsp3) is 0.778. The molecule has 3 heteroatoms. The van der Waals surface area contributed by atoms with Crippen LogP contribution in [0.15, 0.2) is 0 Å². The Kier molecular flexibility index (Phi) is 2.50. The van der Waals surface area contributed by atoms with Gasteiger partial charge in [0, 0.05) is 6.42 Å². The normalized spacial score (nSPS) is 35.8. The van der Waals surface area contributed by atoms with E-state index in [1.54, 1.807) is 6.92 Å². The summed E-state index contributed by atoms with van der Waals surface area (Å²) in [5, 5.41) is 0. The molecule has 0 radical (unpaired) electrons. The third-order valence-corrected chi connectivity index (χ3v) is 2.81. The minimum Gasteiger partial charge on any atom is -0.462 e. The number of hydrogen-bond acceptors (Lipinski definition) is 3. The lowest BCUT2D eigenvalue weighted by Gasteiger charge is -2.36. The largest absolute Gasteiger partial charge is 0.462 e. The summed E-state index contributed by atoms with van der Waals surface area (Å²) in [6, 6.07) is 0. The predicted octanol–water partition coefficient (Wildman–Crippen LogP) is 1.31. The molecule has 68 valence electrons. The van der Waals surface area contributed by atoms with Crippen LogP contribution >= 0.6 is 0 Å². The van der Waals surface area contributed by atoms with E-state index in [-0.39, 0.29) is 12.1 Å². The average molecular weight is 170 g/mol.